The summed E-state index contributed by atoms with van der Waals surface area (Å²) < 4.78 is 5.18. The van der Waals surface area contributed by atoms with Gasteiger partial charge >= 0.3 is 0 Å². The monoisotopic (exact) mass is 250 g/mol. The van der Waals surface area contributed by atoms with Gasteiger partial charge < -0.3 is 4.52 Å². The van der Waals surface area contributed by atoms with E-state index in [0.29, 0.717) is 6.04 Å². The molecule has 2 aliphatic heterocycles. The Kier molecular flexibility index (Phi) is 3.35. The van der Waals surface area contributed by atoms with Crippen LogP contribution in [0.15, 0.2) is 4.52 Å². The van der Waals surface area contributed by atoms with Crippen LogP contribution in [0.1, 0.15) is 31.5 Å². The summed E-state index contributed by atoms with van der Waals surface area (Å²) in [5.41, 5.74) is 0. The summed E-state index contributed by atoms with van der Waals surface area (Å²) >= 11 is 0. The third kappa shape index (κ3) is 2.42. The van der Waals surface area contributed by atoms with E-state index in [2.05, 4.69) is 26.9 Å². The molecule has 0 spiro atoms. The molecule has 3 heterocycles. The largest absolute Gasteiger partial charge is 0.339 e. The van der Waals surface area contributed by atoms with Crippen molar-refractivity contribution >= 4 is 0 Å². The van der Waals surface area contributed by atoms with E-state index in [-0.39, 0.29) is 0 Å². The van der Waals surface area contributed by atoms with Crippen molar-refractivity contribution in [3.05, 3.63) is 11.7 Å². The zero-order valence-corrected chi connectivity index (χ0v) is 11.3. The number of aryl methyl sites for hydroxylation is 1. The van der Waals surface area contributed by atoms with Gasteiger partial charge in [0.1, 0.15) is 0 Å². The normalized spacial score (nSPS) is 29.7. The first-order chi connectivity index (χ1) is 8.72. The lowest BCUT2D eigenvalue weighted by Gasteiger charge is -2.42. The Morgan fingerprint density at radius 2 is 2.28 bits per heavy atom. The second-order valence-electron chi connectivity index (χ2n) is 5.62. The highest BCUT2D eigenvalue weighted by atomic mass is 16.5. The molecule has 2 fully saturated rings. The maximum Gasteiger partial charge on any atom is 0.227 e. The van der Waals surface area contributed by atoms with Gasteiger partial charge in [-0.05, 0) is 33.2 Å². The fourth-order valence-corrected chi connectivity index (χ4v) is 3.24. The number of hydrogen-bond acceptors (Lipinski definition) is 5. The zero-order valence-electron chi connectivity index (χ0n) is 11.3. The minimum Gasteiger partial charge on any atom is -0.339 e. The van der Waals surface area contributed by atoms with Crippen LogP contribution in [0.5, 0.6) is 0 Å². The highest BCUT2D eigenvalue weighted by molar-refractivity contribution is 4.92. The van der Waals surface area contributed by atoms with E-state index in [1.807, 2.05) is 6.92 Å². The molecule has 0 saturated carbocycles. The SMILES string of the molecule is Cc1noc(CCN2CC3CCCN3CC2C)n1. The van der Waals surface area contributed by atoms with E-state index in [0.717, 1.165) is 30.7 Å². The second kappa shape index (κ2) is 4.97. The molecule has 0 bridgehead atoms. The second-order valence-corrected chi connectivity index (χ2v) is 5.62. The number of rotatable bonds is 3. The van der Waals surface area contributed by atoms with Crippen molar-refractivity contribution in [2.24, 2.45) is 0 Å². The van der Waals surface area contributed by atoms with E-state index in [1.54, 1.807) is 0 Å². The van der Waals surface area contributed by atoms with Crippen LogP contribution in [0.4, 0.5) is 0 Å². The lowest BCUT2D eigenvalue weighted by atomic mass is 10.1. The molecular formula is C13H22N4O. The van der Waals surface area contributed by atoms with Crippen LogP contribution >= 0.6 is 0 Å². The lowest BCUT2D eigenvalue weighted by molar-refractivity contribution is 0.0590. The topological polar surface area (TPSA) is 45.4 Å². The van der Waals surface area contributed by atoms with Gasteiger partial charge in [-0.3, -0.25) is 9.80 Å². The Hall–Kier alpha value is -0.940. The maximum absolute atomic E-state index is 5.18. The Morgan fingerprint density at radius 1 is 1.39 bits per heavy atom. The van der Waals surface area contributed by atoms with Crippen molar-refractivity contribution in [2.75, 3.05) is 26.2 Å². The van der Waals surface area contributed by atoms with E-state index in [1.165, 1.54) is 32.5 Å². The molecule has 0 N–H and O–H groups in total. The van der Waals surface area contributed by atoms with Crippen LogP contribution < -0.4 is 0 Å². The van der Waals surface area contributed by atoms with Crippen molar-refractivity contribution in [1.82, 2.24) is 19.9 Å². The van der Waals surface area contributed by atoms with Crippen LogP contribution in [-0.2, 0) is 6.42 Å². The lowest BCUT2D eigenvalue weighted by Crippen LogP contribution is -2.55. The average molecular weight is 250 g/mol. The van der Waals surface area contributed by atoms with E-state index in [9.17, 15) is 0 Å². The van der Waals surface area contributed by atoms with E-state index >= 15 is 0 Å². The van der Waals surface area contributed by atoms with Gasteiger partial charge in [0.15, 0.2) is 5.82 Å². The summed E-state index contributed by atoms with van der Waals surface area (Å²) in [5, 5.41) is 3.84. The molecule has 3 rings (SSSR count). The number of aromatic nitrogens is 2. The van der Waals surface area contributed by atoms with Crippen molar-refractivity contribution in [2.45, 2.75) is 45.2 Å². The number of hydrogen-bond donors (Lipinski definition) is 0. The summed E-state index contributed by atoms with van der Waals surface area (Å²) in [6.07, 6.45) is 3.61. The van der Waals surface area contributed by atoms with Crippen molar-refractivity contribution in [3.8, 4) is 0 Å². The molecule has 5 heteroatoms. The quantitative estimate of drug-likeness (QED) is 0.803. The third-order valence-corrected chi connectivity index (χ3v) is 4.25. The van der Waals surface area contributed by atoms with Gasteiger partial charge in [0.05, 0.1) is 0 Å². The molecule has 0 amide bonds. The fraction of sp³-hybridized carbons (Fsp3) is 0.846. The van der Waals surface area contributed by atoms with Gasteiger partial charge in [-0.1, -0.05) is 5.16 Å². The Bertz CT molecular complexity index is 405. The van der Waals surface area contributed by atoms with E-state index in [4.69, 9.17) is 4.52 Å². The molecule has 0 aromatic carbocycles. The van der Waals surface area contributed by atoms with Crippen molar-refractivity contribution < 1.29 is 4.52 Å². The molecular weight excluding hydrogens is 228 g/mol. The molecule has 2 saturated heterocycles. The van der Waals surface area contributed by atoms with Gasteiger partial charge in [-0.2, -0.15) is 4.98 Å². The fourth-order valence-electron chi connectivity index (χ4n) is 3.24. The molecule has 2 atom stereocenters. The first-order valence-corrected chi connectivity index (χ1v) is 6.99. The van der Waals surface area contributed by atoms with Crippen molar-refractivity contribution in [1.29, 1.82) is 0 Å². The summed E-state index contributed by atoms with van der Waals surface area (Å²) in [5.74, 6) is 1.51. The van der Waals surface area contributed by atoms with Crippen molar-refractivity contribution in [3.63, 3.8) is 0 Å². The zero-order chi connectivity index (χ0) is 12.5. The van der Waals surface area contributed by atoms with Gasteiger partial charge in [0, 0.05) is 38.1 Å². The molecule has 100 valence electrons. The Balaban J connectivity index is 1.55. The highest BCUT2D eigenvalue weighted by Crippen LogP contribution is 2.24. The molecule has 2 aliphatic rings. The predicted molar refractivity (Wildman–Crippen MR) is 68.4 cm³/mol. The highest BCUT2D eigenvalue weighted by Gasteiger charge is 2.34. The smallest absolute Gasteiger partial charge is 0.227 e. The minimum atomic E-state index is 0.642. The molecule has 5 nitrogen and oxygen atoms in total. The first-order valence-electron chi connectivity index (χ1n) is 6.99. The van der Waals surface area contributed by atoms with E-state index < -0.39 is 0 Å². The molecule has 0 radical (unpaired) electrons. The Morgan fingerprint density at radius 3 is 3.06 bits per heavy atom. The minimum absolute atomic E-state index is 0.642. The average Bonchev–Trinajstić information content (AvgIpc) is 2.94. The number of fused-ring (bicyclic) bond motifs is 1. The van der Waals surface area contributed by atoms with Gasteiger partial charge in [0.25, 0.3) is 0 Å². The third-order valence-electron chi connectivity index (χ3n) is 4.25. The van der Waals surface area contributed by atoms with Crippen LogP contribution in [0.25, 0.3) is 0 Å². The predicted octanol–water partition coefficient (Wildman–Crippen LogP) is 1.09. The first kappa shape index (κ1) is 12.1. The Labute approximate surface area is 108 Å². The molecule has 2 unspecified atom stereocenters. The number of nitrogens with zero attached hydrogens (tertiary/aromatic N) is 4. The summed E-state index contributed by atoms with van der Waals surface area (Å²) in [4.78, 5) is 9.50. The van der Waals surface area contributed by atoms with Gasteiger partial charge in [0.2, 0.25) is 5.89 Å². The number of piperazine rings is 1. The van der Waals surface area contributed by atoms with Crippen LogP contribution in [0.3, 0.4) is 0 Å². The molecule has 1 aromatic rings. The standard InChI is InChI=1S/C13H22N4O/c1-10-8-17-6-3-4-12(17)9-16(10)7-5-13-14-11(2)15-18-13/h10,12H,3-9H2,1-2H3. The van der Waals surface area contributed by atoms with Gasteiger partial charge in [-0.15, -0.1) is 0 Å². The van der Waals surface area contributed by atoms with Gasteiger partial charge in [-0.25, -0.2) is 0 Å². The molecule has 18 heavy (non-hydrogen) atoms. The van der Waals surface area contributed by atoms with Crippen LogP contribution in [0.2, 0.25) is 0 Å². The molecule has 1 aromatic heterocycles. The summed E-state index contributed by atoms with van der Waals surface area (Å²) in [6, 6.07) is 1.42. The molecule has 0 aliphatic carbocycles. The van der Waals surface area contributed by atoms with Crippen LogP contribution in [0, 0.1) is 6.92 Å². The summed E-state index contributed by atoms with van der Waals surface area (Å²) in [6.45, 7) is 8.95. The maximum atomic E-state index is 5.18. The summed E-state index contributed by atoms with van der Waals surface area (Å²) in [7, 11) is 0. The van der Waals surface area contributed by atoms with Crippen LogP contribution in [-0.4, -0.2) is 58.2 Å².